The van der Waals surface area contributed by atoms with Crippen molar-refractivity contribution in [2.24, 2.45) is 7.05 Å². The molecular weight excluding hydrogens is 193 g/mol. The Morgan fingerprint density at radius 2 is 2.14 bits per heavy atom. The minimum absolute atomic E-state index is 0.0259. The van der Waals surface area contributed by atoms with Gasteiger partial charge in [-0.1, -0.05) is 6.58 Å². The molecule has 1 heterocycles. The number of hydrogen-bond donors (Lipinski definition) is 0. The fourth-order valence-electron chi connectivity index (χ4n) is 1.22. The highest BCUT2D eigenvalue weighted by Gasteiger charge is 2.29. The van der Waals surface area contributed by atoms with Crippen molar-refractivity contribution in [2.75, 3.05) is 0 Å². The highest BCUT2D eigenvalue weighted by Crippen LogP contribution is 2.22. The van der Waals surface area contributed by atoms with Crippen molar-refractivity contribution >= 4 is 5.57 Å². The van der Waals surface area contributed by atoms with Crippen LogP contribution in [0, 0.1) is 0 Å². The minimum Gasteiger partial charge on any atom is -0.268 e. The van der Waals surface area contributed by atoms with Gasteiger partial charge in [-0.25, -0.2) is 0 Å². The molecule has 0 N–H and O–H groups in total. The summed E-state index contributed by atoms with van der Waals surface area (Å²) in [6, 6.07) is 1.41. The van der Waals surface area contributed by atoms with Crippen molar-refractivity contribution in [3.8, 4) is 0 Å². The molecule has 0 unspecified atom stereocenters. The van der Waals surface area contributed by atoms with E-state index in [0.717, 1.165) is 0 Å². The van der Waals surface area contributed by atoms with E-state index in [1.807, 2.05) is 0 Å². The lowest BCUT2D eigenvalue weighted by molar-refractivity contribution is -0.127. The van der Waals surface area contributed by atoms with Gasteiger partial charge in [-0.3, -0.25) is 4.68 Å². The second-order valence-electron chi connectivity index (χ2n) is 3.22. The molecule has 78 valence electrons. The van der Waals surface area contributed by atoms with Gasteiger partial charge < -0.3 is 0 Å². The van der Waals surface area contributed by atoms with Crippen molar-refractivity contribution < 1.29 is 13.2 Å². The molecule has 0 radical (unpaired) electrons. The molecule has 0 aliphatic heterocycles. The van der Waals surface area contributed by atoms with Gasteiger partial charge in [-0.2, -0.15) is 18.3 Å². The zero-order valence-corrected chi connectivity index (χ0v) is 8.02. The fraction of sp³-hybridized carbons (Fsp3) is 0.444. The third kappa shape index (κ3) is 2.61. The minimum atomic E-state index is -4.21. The van der Waals surface area contributed by atoms with Crippen LogP contribution in [0.4, 0.5) is 13.2 Å². The van der Waals surface area contributed by atoms with Crippen LogP contribution < -0.4 is 0 Å². The number of halogens is 3. The lowest BCUT2D eigenvalue weighted by Gasteiger charge is -2.01. The van der Waals surface area contributed by atoms with Gasteiger partial charge in [0.2, 0.25) is 0 Å². The van der Waals surface area contributed by atoms with E-state index in [1.165, 1.54) is 10.7 Å². The predicted molar refractivity (Wildman–Crippen MR) is 47.7 cm³/mol. The van der Waals surface area contributed by atoms with Gasteiger partial charge in [-0.05, 0) is 18.6 Å². The fourth-order valence-corrected chi connectivity index (χ4v) is 1.22. The molecule has 0 aromatic carbocycles. The SMILES string of the molecule is C=C(C)c1cc(CC(F)(F)F)nn1C. The number of allylic oxidation sites excluding steroid dienone is 1. The Morgan fingerprint density at radius 3 is 2.50 bits per heavy atom. The van der Waals surface area contributed by atoms with Gasteiger partial charge in [-0.15, -0.1) is 0 Å². The number of rotatable bonds is 2. The maximum Gasteiger partial charge on any atom is 0.394 e. The Hall–Kier alpha value is -1.26. The van der Waals surface area contributed by atoms with Crippen molar-refractivity contribution in [1.29, 1.82) is 0 Å². The van der Waals surface area contributed by atoms with Gasteiger partial charge in [0.05, 0.1) is 17.8 Å². The van der Waals surface area contributed by atoms with Crippen molar-refractivity contribution in [3.05, 3.63) is 24.0 Å². The van der Waals surface area contributed by atoms with E-state index in [9.17, 15) is 13.2 Å². The number of aromatic nitrogens is 2. The number of hydrogen-bond acceptors (Lipinski definition) is 1. The average Bonchev–Trinajstić information content (AvgIpc) is 2.26. The molecule has 2 nitrogen and oxygen atoms in total. The highest BCUT2D eigenvalue weighted by atomic mass is 19.4. The van der Waals surface area contributed by atoms with E-state index in [-0.39, 0.29) is 5.69 Å². The van der Waals surface area contributed by atoms with Crippen molar-refractivity contribution in [3.63, 3.8) is 0 Å². The molecule has 14 heavy (non-hydrogen) atoms. The van der Waals surface area contributed by atoms with Gasteiger partial charge in [0, 0.05) is 7.05 Å². The average molecular weight is 204 g/mol. The summed E-state index contributed by atoms with van der Waals surface area (Å²) in [5, 5.41) is 3.75. The lowest BCUT2D eigenvalue weighted by atomic mass is 10.2. The summed E-state index contributed by atoms with van der Waals surface area (Å²) in [5.74, 6) is 0. The lowest BCUT2D eigenvalue weighted by Crippen LogP contribution is -2.12. The van der Waals surface area contributed by atoms with Crippen LogP contribution >= 0.6 is 0 Å². The van der Waals surface area contributed by atoms with Crippen LogP contribution in [0.3, 0.4) is 0 Å². The molecule has 0 spiro atoms. The summed E-state index contributed by atoms with van der Waals surface area (Å²) >= 11 is 0. The second-order valence-corrected chi connectivity index (χ2v) is 3.22. The first kappa shape index (κ1) is 10.8. The first-order chi connectivity index (χ1) is 6.29. The molecule has 0 aliphatic rings. The summed E-state index contributed by atoms with van der Waals surface area (Å²) in [5.41, 5.74) is 1.36. The van der Waals surface area contributed by atoms with Crippen LogP contribution in [0.2, 0.25) is 0 Å². The summed E-state index contributed by atoms with van der Waals surface area (Å²) in [7, 11) is 1.60. The normalized spacial score (nSPS) is 11.8. The molecule has 0 amide bonds. The standard InChI is InChI=1S/C9H11F3N2/c1-6(2)8-4-7(13-14(8)3)5-9(10,11)12/h4H,1,5H2,2-3H3. The maximum absolute atomic E-state index is 12.0. The number of nitrogens with zero attached hydrogens (tertiary/aromatic N) is 2. The summed E-state index contributed by atoms with van der Waals surface area (Å²) in [4.78, 5) is 0. The highest BCUT2D eigenvalue weighted by molar-refractivity contribution is 5.58. The maximum atomic E-state index is 12.0. The van der Waals surface area contributed by atoms with Crippen molar-refractivity contribution in [1.82, 2.24) is 9.78 Å². The monoisotopic (exact) mass is 204 g/mol. The third-order valence-electron chi connectivity index (χ3n) is 1.75. The predicted octanol–water partition coefficient (Wildman–Crippen LogP) is 2.56. The van der Waals surface area contributed by atoms with Gasteiger partial charge >= 0.3 is 6.18 Å². The van der Waals surface area contributed by atoms with Gasteiger partial charge in [0.25, 0.3) is 0 Å². The van der Waals surface area contributed by atoms with E-state index in [1.54, 1.807) is 14.0 Å². The third-order valence-corrected chi connectivity index (χ3v) is 1.75. The van der Waals surface area contributed by atoms with Crippen LogP contribution in [0.25, 0.3) is 5.57 Å². The van der Waals surface area contributed by atoms with E-state index in [0.29, 0.717) is 11.3 Å². The van der Waals surface area contributed by atoms with E-state index in [4.69, 9.17) is 0 Å². The Labute approximate surface area is 80.0 Å². The van der Waals surface area contributed by atoms with Gasteiger partial charge in [0.1, 0.15) is 0 Å². The molecular formula is C9H11F3N2. The topological polar surface area (TPSA) is 17.8 Å². The Kier molecular flexibility index (Phi) is 2.69. The van der Waals surface area contributed by atoms with Crippen LogP contribution in [0.5, 0.6) is 0 Å². The van der Waals surface area contributed by atoms with Crippen LogP contribution in [0.15, 0.2) is 12.6 Å². The zero-order valence-electron chi connectivity index (χ0n) is 8.02. The molecule has 0 saturated heterocycles. The number of aryl methyl sites for hydroxylation is 1. The first-order valence-corrected chi connectivity index (χ1v) is 4.05. The quantitative estimate of drug-likeness (QED) is 0.723. The van der Waals surface area contributed by atoms with Gasteiger partial charge in [0.15, 0.2) is 0 Å². The Bertz CT molecular complexity index is 349. The van der Waals surface area contributed by atoms with E-state index < -0.39 is 12.6 Å². The summed E-state index contributed by atoms with van der Waals surface area (Å²) in [6.07, 6.45) is -5.20. The largest absolute Gasteiger partial charge is 0.394 e. The Morgan fingerprint density at radius 1 is 1.57 bits per heavy atom. The van der Waals surface area contributed by atoms with Crippen LogP contribution in [0.1, 0.15) is 18.3 Å². The molecule has 0 fully saturated rings. The summed E-state index contributed by atoms with van der Waals surface area (Å²) in [6.45, 7) is 5.38. The number of alkyl halides is 3. The molecule has 1 rings (SSSR count). The molecule has 0 bridgehead atoms. The molecule has 0 saturated carbocycles. The first-order valence-electron chi connectivity index (χ1n) is 4.05. The molecule has 0 atom stereocenters. The van der Waals surface area contributed by atoms with Crippen LogP contribution in [-0.4, -0.2) is 16.0 Å². The van der Waals surface area contributed by atoms with Crippen molar-refractivity contribution in [2.45, 2.75) is 19.5 Å². The molecule has 1 aromatic heterocycles. The Balaban J connectivity index is 2.92. The van der Waals surface area contributed by atoms with E-state index in [2.05, 4.69) is 11.7 Å². The summed E-state index contributed by atoms with van der Waals surface area (Å²) < 4.78 is 37.4. The second kappa shape index (κ2) is 3.48. The van der Waals surface area contributed by atoms with Crippen LogP contribution in [-0.2, 0) is 13.5 Å². The molecule has 5 heteroatoms. The smallest absolute Gasteiger partial charge is 0.268 e. The van der Waals surface area contributed by atoms with E-state index >= 15 is 0 Å². The molecule has 1 aromatic rings. The zero-order chi connectivity index (χ0) is 10.9. The molecule has 0 aliphatic carbocycles.